The van der Waals surface area contributed by atoms with Crippen molar-refractivity contribution in [3.8, 4) is 0 Å². The lowest BCUT2D eigenvalue weighted by Crippen LogP contribution is -2.37. The van der Waals surface area contributed by atoms with Gasteiger partial charge in [-0.25, -0.2) is 22.8 Å². The molecule has 0 atom stereocenters. The minimum Gasteiger partial charge on any atom is -0.452 e. The molecule has 0 radical (unpaired) electrons. The van der Waals surface area contributed by atoms with Crippen LogP contribution in [0.2, 0.25) is 0 Å². The van der Waals surface area contributed by atoms with E-state index in [1.165, 1.54) is 18.2 Å². The first-order chi connectivity index (χ1) is 11.9. The maximum Gasteiger partial charge on any atom is 0.341 e. The molecule has 0 aliphatic rings. The van der Waals surface area contributed by atoms with Crippen molar-refractivity contribution >= 4 is 23.6 Å². The summed E-state index contributed by atoms with van der Waals surface area (Å²) < 4.78 is 44.0. The number of hydrogen-bond donors (Lipinski definition) is 2. The van der Waals surface area contributed by atoms with Gasteiger partial charge in [0.05, 0.1) is 11.3 Å². The molecule has 0 saturated carbocycles. The van der Waals surface area contributed by atoms with Crippen LogP contribution in [0.4, 0.5) is 23.7 Å². The molecule has 0 unspecified atom stereocenters. The van der Waals surface area contributed by atoms with Gasteiger partial charge in [-0.3, -0.25) is 10.1 Å². The number of urea groups is 1. The van der Waals surface area contributed by atoms with Crippen molar-refractivity contribution < 1.29 is 32.3 Å². The Balaban J connectivity index is 1.85. The molecular weight excluding hydrogens is 341 g/mol. The molecule has 0 heterocycles. The second kappa shape index (κ2) is 7.95. The number of anilines is 1. The van der Waals surface area contributed by atoms with Gasteiger partial charge in [-0.05, 0) is 24.3 Å². The third kappa shape index (κ3) is 5.06. The second-order valence-corrected chi connectivity index (χ2v) is 4.68. The van der Waals surface area contributed by atoms with Crippen molar-refractivity contribution in [1.82, 2.24) is 5.32 Å². The second-order valence-electron chi connectivity index (χ2n) is 4.68. The van der Waals surface area contributed by atoms with E-state index in [-0.39, 0.29) is 5.69 Å². The molecule has 2 rings (SSSR count). The quantitative estimate of drug-likeness (QED) is 0.829. The highest BCUT2D eigenvalue weighted by Gasteiger charge is 2.16. The molecule has 2 aromatic carbocycles. The number of carbonyl (C=O) groups excluding carboxylic acids is 3. The largest absolute Gasteiger partial charge is 0.452 e. The third-order valence-corrected chi connectivity index (χ3v) is 2.86. The van der Waals surface area contributed by atoms with E-state index in [4.69, 9.17) is 0 Å². The topological polar surface area (TPSA) is 84.5 Å². The summed E-state index contributed by atoms with van der Waals surface area (Å²) >= 11 is 0. The molecule has 2 aromatic rings. The molecule has 6 nitrogen and oxygen atoms in total. The zero-order chi connectivity index (χ0) is 18.4. The molecule has 0 aliphatic carbocycles. The number of carbonyl (C=O) groups is 3. The molecule has 3 amide bonds. The minimum atomic E-state index is -1.21. The van der Waals surface area contributed by atoms with E-state index in [1.54, 1.807) is 5.32 Å². The fourth-order valence-electron chi connectivity index (χ4n) is 1.74. The Morgan fingerprint density at radius 3 is 2.36 bits per heavy atom. The molecule has 0 aromatic heterocycles. The molecule has 130 valence electrons. The molecule has 0 fully saturated rings. The lowest BCUT2D eigenvalue weighted by atomic mass is 10.2. The van der Waals surface area contributed by atoms with E-state index >= 15 is 0 Å². The Morgan fingerprint density at radius 2 is 1.68 bits per heavy atom. The van der Waals surface area contributed by atoms with Gasteiger partial charge >= 0.3 is 12.0 Å². The molecule has 0 bridgehead atoms. The summed E-state index contributed by atoms with van der Waals surface area (Å²) in [5.74, 6) is -4.96. The predicted octanol–water partition coefficient (Wildman–Crippen LogP) is 2.61. The lowest BCUT2D eigenvalue weighted by Gasteiger charge is -2.08. The van der Waals surface area contributed by atoms with Gasteiger partial charge < -0.3 is 10.1 Å². The van der Waals surface area contributed by atoms with E-state index in [0.29, 0.717) is 6.07 Å². The first-order valence-electron chi connectivity index (χ1n) is 6.84. The number of ether oxygens (including phenoxy) is 1. The van der Waals surface area contributed by atoms with Gasteiger partial charge in [0, 0.05) is 6.07 Å². The van der Waals surface area contributed by atoms with E-state index in [1.807, 2.05) is 0 Å². The Bertz CT molecular complexity index is 827. The number of imide groups is 1. The zero-order valence-corrected chi connectivity index (χ0v) is 12.5. The van der Waals surface area contributed by atoms with Crippen LogP contribution in [0, 0.1) is 17.5 Å². The summed E-state index contributed by atoms with van der Waals surface area (Å²) in [6.45, 7) is -0.889. The monoisotopic (exact) mass is 352 g/mol. The Kier molecular flexibility index (Phi) is 5.72. The average Bonchev–Trinajstić information content (AvgIpc) is 2.54. The van der Waals surface area contributed by atoms with Crippen LogP contribution in [0.3, 0.4) is 0 Å². The van der Waals surface area contributed by atoms with Gasteiger partial charge in [-0.1, -0.05) is 12.1 Å². The summed E-state index contributed by atoms with van der Waals surface area (Å²) in [4.78, 5) is 34.6. The molecule has 25 heavy (non-hydrogen) atoms. The standard InChI is InChI=1S/C16H11F3N2O4/c17-9-5-6-10(12(19)7-9)15(23)25-8-14(22)21-16(24)20-13-4-2-1-3-11(13)18/h1-7H,8H2,(H2,20,21,22,24). The Labute approximate surface area is 139 Å². The summed E-state index contributed by atoms with van der Waals surface area (Å²) in [6, 6.07) is 6.42. The zero-order valence-electron chi connectivity index (χ0n) is 12.5. The normalized spacial score (nSPS) is 10.0. The highest BCUT2D eigenvalue weighted by atomic mass is 19.1. The van der Waals surface area contributed by atoms with Crippen molar-refractivity contribution in [3.63, 3.8) is 0 Å². The fourth-order valence-corrected chi connectivity index (χ4v) is 1.74. The summed E-state index contributed by atoms with van der Waals surface area (Å²) in [7, 11) is 0. The van der Waals surface area contributed by atoms with Gasteiger partial charge in [-0.2, -0.15) is 0 Å². The van der Waals surface area contributed by atoms with Crippen LogP contribution in [0.25, 0.3) is 0 Å². The number of benzene rings is 2. The SMILES string of the molecule is O=C(COC(=O)c1ccc(F)cc1F)NC(=O)Nc1ccccc1F. The van der Waals surface area contributed by atoms with Gasteiger partial charge in [-0.15, -0.1) is 0 Å². The van der Waals surface area contributed by atoms with E-state index in [2.05, 4.69) is 10.1 Å². The highest BCUT2D eigenvalue weighted by molar-refractivity contribution is 6.02. The Morgan fingerprint density at radius 1 is 0.960 bits per heavy atom. The first kappa shape index (κ1) is 18.0. The van der Waals surface area contributed by atoms with Crippen LogP contribution in [0.1, 0.15) is 10.4 Å². The van der Waals surface area contributed by atoms with Crippen LogP contribution < -0.4 is 10.6 Å². The van der Waals surface area contributed by atoms with E-state index in [0.717, 1.165) is 18.2 Å². The first-order valence-corrected chi connectivity index (χ1v) is 6.84. The van der Waals surface area contributed by atoms with Crippen molar-refractivity contribution in [2.45, 2.75) is 0 Å². The average molecular weight is 352 g/mol. The number of hydrogen-bond acceptors (Lipinski definition) is 4. The number of amides is 3. The predicted molar refractivity (Wildman–Crippen MR) is 80.2 cm³/mol. The van der Waals surface area contributed by atoms with Crippen LogP contribution in [-0.4, -0.2) is 24.5 Å². The molecule has 9 heteroatoms. The molecule has 0 spiro atoms. The number of para-hydroxylation sites is 1. The number of halogens is 3. The summed E-state index contributed by atoms with van der Waals surface area (Å²) in [5, 5.41) is 3.89. The van der Waals surface area contributed by atoms with Crippen molar-refractivity contribution in [3.05, 3.63) is 65.5 Å². The van der Waals surface area contributed by atoms with Gasteiger partial charge in [0.25, 0.3) is 5.91 Å². The maximum absolute atomic E-state index is 13.4. The van der Waals surface area contributed by atoms with Gasteiger partial charge in [0.1, 0.15) is 17.5 Å². The number of nitrogens with one attached hydrogen (secondary N) is 2. The minimum absolute atomic E-state index is 0.154. The smallest absolute Gasteiger partial charge is 0.341 e. The molecule has 2 N–H and O–H groups in total. The maximum atomic E-state index is 13.4. The Hall–Kier alpha value is -3.36. The summed E-state index contributed by atoms with van der Waals surface area (Å²) in [6.07, 6.45) is 0. The highest BCUT2D eigenvalue weighted by Crippen LogP contribution is 2.12. The molecule has 0 aliphatic heterocycles. The van der Waals surface area contributed by atoms with Crippen LogP contribution >= 0.6 is 0 Å². The van der Waals surface area contributed by atoms with Crippen LogP contribution in [-0.2, 0) is 9.53 Å². The van der Waals surface area contributed by atoms with Gasteiger partial charge in [0.2, 0.25) is 0 Å². The van der Waals surface area contributed by atoms with Gasteiger partial charge in [0.15, 0.2) is 6.61 Å². The molecule has 0 saturated heterocycles. The van der Waals surface area contributed by atoms with Crippen LogP contribution in [0.5, 0.6) is 0 Å². The molecular formula is C16H11F3N2O4. The van der Waals surface area contributed by atoms with Crippen molar-refractivity contribution in [1.29, 1.82) is 0 Å². The van der Waals surface area contributed by atoms with E-state index < -0.39 is 47.5 Å². The number of rotatable bonds is 4. The van der Waals surface area contributed by atoms with E-state index in [9.17, 15) is 27.6 Å². The fraction of sp³-hybridized carbons (Fsp3) is 0.0625. The lowest BCUT2D eigenvalue weighted by molar-refractivity contribution is -0.123. The third-order valence-electron chi connectivity index (χ3n) is 2.86. The summed E-state index contributed by atoms with van der Waals surface area (Å²) in [5.41, 5.74) is -0.719. The van der Waals surface area contributed by atoms with Crippen LogP contribution in [0.15, 0.2) is 42.5 Å². The van der Waals surface area contributed by atoms with Crippen molar-refractivity contribution in [2.75, 3.05) is 11.9 Å². The number of esters is 1. The van der Waals surface area contributed by atoms with Crippen molar-refractivity contribution in [2.24, 2.45) is 0 Å².